The fourth-order valence-corrected chi connectivity index (χ4v) is 3.04. The van der Waals surface area contributed by atoms with E-state index in [0.29, 0.717) is 5.69 Å². The van der Waals surface area contributed by atoms with Gasteiger partial charge in [-0.2, -0.15) is 0 Å². The van der Waals surface area contributed by atoms with E-state index in [1.54, 1.807) is 20.8 Å². The highest BCUT2D eigenvalue weighted by Crippen LogP contribution is 2.45. The molecule has 7 heteroatoms. The summed E-state index contributed by atoms with van der Waals surface area (Å²) in [4.78, 5) is 29.7. The SMILES string of the molecule is Cc1cc(C(=O)Nc2c(F)cc3c(c2F)N(C)C(=O)C3(C)C)ccn1. The molecule has 1 aromatic carbocycles. The van der Waals surface area contributed by atoms with E-state index < -0.39 is 28.6 Å². The predicted molar refractivity (Wildman–Crippen MR) is 89.7 cm³/mol. The smallest absolute Gasteiger partial charge is 0.255 e. The number of carbonyl (C=O) groups excluding carboxylic acids is 2. The Hall–Kier alpha value is -2.83. The molecule has 0 saturated carbocycles. The van der Waals surface area contributed by atoms with Gasteiger partial charge in [0, 0.05) is 24.5 Å². The first-order valence-corrected chi connectivity index (χ1v) is 7.69. The molecule has 0 fully saturated rings. The molecule has 0 spiro atoms. The zero-order chi connectivity index (χ0) is 18.5. The Labute approximate surface area is 143 Å². The van der Waals surface area contributed by atoms with Gasteiger partial charge in [0.1, 0.15) is 11.5 Å². The van der Waals surface area contributed by atoms with Crippen LogP contribution in [0.1, 0.15) is 35.5 Å². The van der Waals surface area contributed by atoms with E-state index in [1.165, 1.54) is 25.4 Å². The molecule has 2 heterocycles. The maximum Gasteiger partial charge on any atom is 0.255 e. The standard InChI is InChI=1S/C18H17F2N3O2/c1-9-7-10(5-6-21-9)16(24)22-14-12(19)8-11-15(13(14)20)23(4)17(25)18(11,2)3/h5-8H,1-4H3,(H,22,24). The van der Waals surface area contributed by atoms with E-state index in [-0.39, 0.29) is 22.7 Å². The molecule has 1 aliphatic rings. The summed E-state index contributed by atoms with van der Waals surface area (Å²) in [5.74, 6) is -2.88. The van der Waals surface area contributed by atoms with Crippen molar-refractivity contribution >= 4 is 23.2 Å². The van der Waals surface area contributed by atoms with Gasteiger partial charge in [-0.15, -0.1) is 0 Å². The third-order valence-corrected chi connectivity index (χ3v) is 4.44. The molecule has 0 radical (unpaired) electrons. The molecule has 1 N–H and O–H groups in total. The van der Waals surface area contributed by atoms with Crippen molar-refractivity contribution in [2.24, 2.45) is 0 Å². The van der Waals surface area contributed by atoms with Gasteiger partial charge in [0.2, 0.25) is 5.91 Å². The molecule has 5 nitrogen and oxygen atoms in total. The van der Waals surface area contributed by atoms with Gasteiger partial charge in [-0.25, -0.2) is 8.78 Å². The van der Waals surface area contributed by atoms with E-state index in [2.05, 4.69) is 10.3 Å². The Morgan fingerprint density at radius 1 is 1.28 bits per heavy atom. The van der Waals surface area contributed by atoms with Crippen molar-refractivity contribution in [2.45, 2.75) is 26.2 Å². The van der Waals surface area contributed by atoms with Crippen molar-refractivity contribution in [3.8, 4) is 0 Å². The average Bonchev–Trinajstić information content (AvgIpc) is 2.72. The van der Waals surface area contributed by atoms with Crippen LogP contribution >= 0.6 is 0 Å². The number of benzene rings is 1. The Morgan fingerprint density at radius 3 is 2.60 bits per heavy atom. The number of likely N-dealkylation sites (N-methyl/N-ethyl adjacent to an activating group) is 1. The lowest BCUT2D eigenvalue weighted by molar-refractivity contribution is -0.121. The molecule has 2 aromatic rings. The summed E-state index contributed by atoms with van der Waals surface area (Å²) >= 11 is 0. The molecule has 3 rings (SSSR count). The van der Waals surface area contributed by atoms with Crippen molar-refractivity contribution in [3.05, 3.63) is 52.9 Å². The van der Waals surface area contributed by atoms with Gasteiger partial charge in [-0.05, 0) is 44.5 Å². The van der Waals surface area contributed by atoms with Crippen molar-refractivity contribution in [3.63, 3.8) is 0 Å². The van der Waals surface area contributed by atoms with Gasteiger partial charge in [0.05, 0.1) is 11.1 Å². The first-order valence-electron chi connectivity index (χ1n) is 7.69. The summed E-state index contributed by atoms with van der Waals surface area (Å²) < 4.78 is 29.4. The highest BCUT2D eigenvalue weighted by atomic mass is 19.1. The summed E-state index contributed by atoms with van der Waals surface area (Å²) in [5, 5.41) is 2.26. The number of rotatable bonds is 2. The number of nitrogens with one attached hydrogen (secondary N) is 1. The minimum absolute atomic E-state index is 0.0161. The summed E-state index contributed by atoms with van der Waals surface area (Å²) in [5.41, 5.74) is -0.525. The van der Waals surface area contributed by atoms with Crippen LogP contribution in [-0.2, 0) is 10.2 Å². The second-order valence-electron chi connectivity index (χ2n) is 6.57. The average molecular weight is 345 g/mol. The van der Waals surface area contributed by atoms with Crippen LogP contribution in [0.4, 0.5) is 20.2 Å². The summed E-state index contributed by atoms with van der Waals surface area (Å²) in [6.45, 7) is 4.92. The number of aryl methyl sites for hydroxylation is 1. The lowest BCUT2D eigenvalue weighted by Crippen LogP contribution is -2.33. The molecule has 0 saturated heterocycles. The van der Waals surface area contributed by atoms with Crippen LogP contribution in [-0.4, -0.2) is 23.8 Å². The molecule has 1 aromatic heterocycles. The van der Waals surface area contributed by atoms with E-state index in [1.807, 2.05) is 0 Å². The fourth-order valence-electron chi connectivity index (χ4n) is 3.04. The minimum atomic E-state index is -1.03. The van der Waals surface area contributed by atoms with Gasteiger partial charge >= 0.3 is 0 Å². The van der Waals surface area contributed by atoms with Crippen molar-refractivity contribution in [1.29, 1.82) is 0 Å². The van der Waals surface area contributed by atoms with Gasteiger partial charge < -0.3 is 10.2 Å². The first-order chi connectivity index (χ1) is 11.6. The quantitative estimate of drug-likeness (QED) is 0.909. The van der Waals surface area contributed by atoms with Crippen LogP contribution in [0.15, 0.2) is 24.4 Å². The van der Waals surface area contributed by atoms with Gasteiger partial charge in [-0.3, -0.25) is 14.6 Å². The Kier molecular flexibility index (Phi) is 3.82. The summed E-state index contributed by atoms with van der Waals surface area (Å²) in [6.07, 6.45) is 1.44. The van der Waals surface area contributed by atoms with Crippen molar-refractivity contribution < 1.29 is 18.4 Å². The molecular formula is C18H17F2N3O2. The summed E-state index contributed by atoms with van der Waals surface area (Å²) in [6, 6.07) is 4.06. The molecule has 0 aliphatic carbocycles. The number of halogens is 2. The number of fused-ring (bicyclic) bond motifs is 1. The molecule has 2 amide bonds. The number of pyridine rings is 1. The van der Waals surface area contributed by atoms with Crippen LogP contribution in [0.5, 0.6) is 0 Å². The number of anilines is 2. The second kappa shape index (κ2) is 5.61. The number of aromatic nitrogens is 1. The third-order valence-electron chi connectivity index (χ3n) is 4.44. The van der Waals surface area contributed by atoms with E-state index in [9.17, 15) is 18.4 Å². The largest absolute Gasteiger partial charge is 0.317 e. The zero-order valence-electron chi connectivity index (χ0n) is 14.3. The molecule has 25 heavy (non-hydrogen) atoms. The molecule has 1 aliphatic heterocycles. The van der Waals surface area contributed by atoms with Crippen LogP contribution in [0, 0.1) is 18.6 Å². The van der Waals surface area contributed by atoms with Crippen molar-refractivity contribution in [1.82, 2.24) is 4.98 Å². The maximum absolute atomic E-state index is 14.9. The first kappa shape index (κ1) is 17.0. The number of hydrogen-bond donors (Lipinski definition) is 1. The topological polar surface area (TPSA) is 62.3 Å². The highest BCUT2D eigenvalue weighted by Gasteiger charge is 2.45. The Morgan fingerprint density at radius 2 is 1.96 bits per heavy atom. The van der Waals surface area contributed by atoms with Gasteiger partial charge in [0.15, 0.2) is 5.82 Å². The Bertz CT molecular complexity index is 909. The molecule has 130 valence electrons. The Balaban J connectivity index is 2.05. The fraction of sp³-hybridized carbons (Fsp3) is 0.278. The molecular weight excluding hydrogens is 328 g/mol. The van der Waals surface area contributed by atoms with E-state index in [4.69, 9.17) is 0 Å². The van der Waals surface area contributed by atoms with E-state index >= 15 is 0 Å². The number of amides is 2. The van der Waals surface area contributed by atoms with Crippen LogP contribution in [0.25, 0.3) is 0 Å². The normalized spacial score (nSPS) is 15.3. The second-order valence-corrected chi connectivity index (χ2v) is 6.57. The lowest BCUT2D eigenvalue weighted by atomic mass is 9.86. The van der Waals surface area contributed by atoms with Gasteiger partial charge in [-0.1, -0.05) is 0 Å². The maximum atomic E-state index is 14.9. The number of carbonyl (C=O) groups is 2. The van der Waals surface area contributed by atoms with E-state index in [0.717, 1.165) is 11.0 Å². The monoisotopic (exact) mass is 345 g/mol. The van der Waals surface area contributed by atoms with Crippen LogP contribution < -0.4 is 10.2 Å². The minimum Gasteiger partial charge on any atom is -0.317 e. The van der Waals surface area contributed by atoms with Crippen molar-refractivity contribution in [2.75, 3.05) is 17.3 Å². The van der Waals surface area contributed by atoms with Crippen LogP contribution in [0.2, 0.25) is 0 Å². The highest BCUT2D eigenvalue weighted by molar-refractivity contribution is 6.09. The molecule has 0 unspecified atom stereocenters. The van der Waals surface area contributed by atoms with Gasteiger partial charge in [0.25, 0.3) is 5.91 Å². The number of nitrogens with zero attached hydrogens (tertiary/aromatic N) is 2. The third kappa shape index (κ3) is 2.56. The number of hydrogen-bond acceptors (Lipinski definition) is 3. The summed E-state index contributed by atoms with van der Waals surface area (Å²) in [7, 11) is 1.43. The van der Waals surface area contributed by atoms with Crippen LogP contribution in [0.3, 0.4) is 0 Å². The zero-order valence-corrected chi connectivity index (χ0v) is 14.3. The predicted octanol–water partition coefficient (Wildman–Crippen LogP) is 3.17. The molecule has 0 atom stereocenters. The lowest BCUT2D eigenvalue weighted by Gasteiger charge is -2.16. The molecule has 0 bridgehead atoms.